The first-order chi connectivity index (χ1) is 8.18. The minimum atomic E-state index is 0.210. The number of hydrogen-bond donors (Lipinski definition) is 2. The van der Waals surface area contributed by atoms with E-state index in [9.17, 15) is 4.79 Å². The molecule has 0 aromatic heterocycles. The van der Waals surface area contributed by atoms with Crippen LogP contribution in [0.15, 0.2) is 0 Å². The Morgan fingerprint density at radius 3 is 2.47 bits per heavy atom. The van der Waals surface area contributed by atoms with Crippen LogP contribution in [-0.4, -0.2) is 49.6 Å². The Balaban J connectivity index is 1.78. The van der Waals surface area contributed by atoms with Crippen molar-refractivity contribution in [2.24, 2.45) is 11.8 Å². The van der Waals surface area contributed by atoms with Gasteiger partial charge in [-0.05, 0) is 31.8 Å². The van der Waals surface area contributed by atoms with Crippen molar-refractivity contribution < 1.29 is 4.79 Å². The van der Waals surface area contributed by atoms with Crippen molar-refractivity contribution >= 4 is 5.91 Å². The third-order valence-electron chi connectivity index (χ3n) is 4.02. The highest BCUT2D eigenvalue weighted by Crippen LogP contribution is 2.17. The minimum Gasteiger partial charge on any atom is -0.354 e. The van der Waals surface area contributed by atoms with Crippen LogP contribution in [-0.2, 0) is 4.79 Å². The fourth-order valence-electron chi connectivity index (χ4n) is 2.68. The van der Waals surface area contributed by atoms with Gasteiger partial charge in [-0.15, -0.1) is 0 Å². The molecule has 1 unspecified atom stereocenters. The molecule has 2 rings (SSSR count). The molecule has 0 radical (unpaired) electrons. The molecule has 4 heteroatoms. The molecule has 0 aliphatic carbocycles. The molecule has 0 saturated carbocycles. The number of rotatable bonds is 5. The van der Waals surface area contributed by atoms with E-state index in [0.717, 1.165) is 19.6 Å². The second kappa shape index (κ2) is 5.83. The third kappa shape index (κ3) is 3.19. The predicted octanol–water partition coefficient (Wildman–Crippen LogP) is 0.442. The maximum atomic E-state index is 11.8. The molecule has 2 heterocycles. The molecule has 2 N–H and O–H groups in total. The zero-order valence-corrected chi connectivity index (χ0v) is 11.0. The van der Waals surface area contributed by atoms with Crippen LogP contribution >= 0.6 is 0 Å². The van der Waals surface area contributed by atoms with Crippen LogP contribution in [0.3, 0.4) is 0 Å². The lowest BCUT2D eigenvalue weighted by atomic mass is 10.0. The first-order valence-corrected chi connectivity index (χ1v) is 6.91. The number of carbonyl (C=O) groups excluding carboxylic acids is 1. The van der Waals surface area contributed by atoms with Gasteiger partial charge in [-0.3, -0.25) is 9.69 Å². The Hall–Kier alpha value is -0.610. The molecule has 2 aliphatic heterocycles. The van der Waals surface area contributed by atoms with Gasteiger partial charge in [-0.2, -0.15) is 0 Å². The first-order valence-electron chi connectivity index (χ1n) is 6.91. The lowest BCUT2D eigenvalue weighted by Crippen LogP contribution is -2.53. The molecule has 1 atom stereocenters. The van der Waals surface area contributed by atoms with Gasteiger partial charge in [-0.1, -0.05) is 13.8 Å². The van der Waals surface area contributed by atoms with Crippen LogP contribution in [0.25, 0.3) is 0 Å². The predicted molar refractivity (Wildman–Crippen MR) is 68.8 cm³/mol. The smallest absolute Gasteiger partial charge is 0.225 e. The van der Waals surface area contributed by atoms with Crippen LogP contribution in [0.4, 0.5) is 0 Å². The largest absolute Gasteiger partial charge is 0.354 e. The van der Waals surface area contributed by atoms with Crippen LogP contribution in [0.1, 0.15) is 26.7 Å². The van der Waals surface area contributed by atoms with Gasteiger partial charge < -0.3 is 10.6 Å². The number of carbonyl (C=O) groups is 1. The summed E-state index contributed by atoms with van der Waals surface area (Å²) in [5.41, 5.74) is 0. The summed E-state index contributed by atoms with van der Waals surface area (Å²) in [6.45, 7) is 9.41. The fraction of sp³-hybridized carbons (Fsp3) is 0.923. The highest BCUT2D eigenvalue weighted by atomic mass is 16.2. The molecule has 2 aliphatic rings. The van der Waals surface area contributed by atoms with E-state index < -0.39 is 0 Å². The van der Waals surface area contributed by atoms with Gasteiger partial charge in [0.25, 0.3) is 0 Å². The fourth-order valence-corrected chi connectivity index (χ4v) is 2.68. The highest BCUT2D eigenvalue weighted by Gasteiger charge is 2.28. The van der Waals surface area contributed by atoms with E-state index in [-0.39, 0.29) is 11.8 Å². The van der Waals surface area contributed by atoms with Crippen molar-refractivity contribution in [3.63, 3.8) is 0 Å². The average molecular weight is 239 g/mol. The average Bonchev–Trinajstić information content (AvgIpc) is 2.67. The Labute approximate surface area is 104 Å². The number of hydrogen-bond acceptors (Lipinski definition) is 3. The van der Waals surface area contributed by atoms with E-state index >= 15 is 0 Å². The van der Waals surface area contributed by atoms with Gasteiger partial charge >= 0.3 is 0 Å². The van der Waals surface area contributed by atoms with Gasteiger partial charge in [0.2, 0.25) is 5.91 Å². The normalized spacial score (nSPS) is 23.7. The summed E-state index contributed by atoms with van der Waals surface area (Å²) in [4.78, 5) is 14.3. The SMILES string of the molecule is CC(C)C(CNC(=O)C1CNC1)N1CCCC1. The molecule has 0 aromatic carbocycles. The molecule has 1 amide bonds. The number of nitrogens with zero attached hydrogens (tertiary/aromatic N) is 1. The van der Waals surface area contributed by atoms with E-state index in [1.54, 1.807) is 0 Å². The van der Waals surface area contributed by atoms with Crippen LogP contribution in [0, 0.1) is 11.8 Å². The summed E-state index contributed by atoms with van der Waals surface area (Å²) >= 11 is 0. The van der Waals surface area contributed by atoms with Crippen molar-refractivity contribution in [2.45, 2.75) is 32.7 Å². The second-order valence-corrected chi connectivity index (χ2v) is 5.65. The Bertz CT molecular complexity index is 257. The summed E-state index contributed by atoms with van der Waals surface area (Å²) in [6.07, 6.45) is 2.62. The Kier molecular flexibility index (Phi) is 4.40. The van der Waals surface area contributed by atoms with Crippen LogP contribution in [0.2, 0.25) is 0 Å². The second-order valence-electron chi connectivity index (χ2n) is 5.65. The minimum absolute atomic E-state index is 0.210. The highest BCUT2D eigenvalue weighted by molar-refractivity contribution is 5.80. The third-order valence-corrected chi connectivity index (χ3v) is 4.02. The first kappa shape index (κ1) is 12.8. The van der Waals surface area contributed by atoms with Crippen molar-refractivity contribution in [3.8, 4) is 0 Å². The van der Waals surface area contributed by atoms with E-state index in [0.29, 0.717) is 12.0 Å². The number of nitrogens with one attached hydrogen (secondary N) is 2. The molecule has 17 heavy (non-hydrogen) atoms. The molecule has 0 aromatic rings. The van der Waals surface area contributed by atoms with Crippen LogP contribution in [0.5, 0.6) is 0 Å². The van der Waals surface area contributed by atoms with Gasteiger partial charge in [0.05, 0.1) is 5.92 Å². The summed E-state index contributed by atoms with van der Waals surface area (Å²) in [7, 11) is 0. The zero-order chi connectivity index (χ0) is 12.3. The Morgan fingerprint density at radius 2 is 2.00 bits per heavy atom. The lowest BCUT2D eigenvalue weighted by molar-refractivity contribution is -0.126. The van der Waals surface area contributed by atoms with Gasteiger partial charge in [0.15, 0.2) is 0 Å². The maximum Gasteiger partial charge on any atom is 0.225 e. The lowest BCUT2D eigenvalue weighted by Gasteiger charge is -2.32. The van der Waals surface area contributed by atoms with Crippen LogP contribution < -0.4 is 10.6 Å². The molecule has 0 spiro atoms. The van der Waals surface area contributed by atoms with E-state index in [1.807, 2.05) is 0 Å². The van der Waals surface area contributed by atoms with Crippen molar-refractivity contribution in [3.05, 3.63) is 0 Å². The standard InChI is InChI=1S/C13H25N3O/c1-10(2)12(16-5-3-4-6-16)9-15-13(17)11-7-14-8-11/h10-12,14H,3-9H2,1-2H3,(H,15,17). The number of likely N-dealkylation sites (tertiary alicyclic amines) is 1. The summed E-state index contributed by atoms with van der Waals surface area (Å²) in [5.74, 6) is 1.04. The van der Waals surface area contributed by atoms with E-state index in [4.69, 9.17) is 0 Å². The molecule has 2 fully saturated rings. The molecular weight excluding hydrogens is 214 g/mol. The molecule has 98 valence electrons. The van der Waals surface area contributed by atoms with Gasteiger partial charge in [-0.25, -0.2) is 0 Å². The Morgan fingerprint density at radius 1 is 1.35 bits per heavy atom. The van der Waals surface area contributed by atoms with Crippen molar-refractivity contribution in [1.82, 2.24) is 15.5 Å². The molecular formula is C13H25N3O. The van der Waals surface area contributed by atoms with E-state index in [2.05, 4.69) is 29.4 Å². The maximum absolute atomic E-state index is 11.8. The van der Waals surface area contributed by atoms with E-state index in [1.165, 1.54) is 25.9 Å². The monoisotopic (exact) mass is 239 g/mol. The van der Waals surface area contributed by atoms with Gasteiger partial charge in [0.1, 0.15) is 0 Å². The quantitative estimate of drug-likeness (QED) is 0.732. The summed E-state index contributed by atoms with van der Waals surface area (Å²) < 4.78 is 0. The molecule has 0 bridgehead atoms. The molecule has 2 saturated heterocycles. The number of amides is 1. The topological polar surface area (TPSA) is 44.4 Å². The van der Waals surface area contributed by atoms with Crippen molar-refractivity contribution in [1.29, 1.82) is 0 Å². The van der Waals surface area contributed by atoms with Gasteiger partial charge in [0, 0.05) is 25.7 Å². The molecule has 4 nitrogen and oxygen atoms in total. The zero-order valence-electron chi connectivity index (χ0n) is 11.0. The summed E-state index contributed by atoms with van der Waals surface area (Å²) in [5, 5.41) is 6.26. The summed E-state index contributed by atoms with van der Waals surface area (Å²) in [6, 6.07) is 0.509. The van der Waals surface area contributed by atoms with Crippen molar-refractivity contribution in [2.75, 3.05) is 32.7 Å².